The van der Waals surface area contributed by atoms with E-state index < -0.39 is 5.82 Å². The molecule has 1 atom stereocenters. The van der Waals surface area contributed by atoms with Gasteiger partial charge in [0, 0.05) is 26.2 Å². The molecule has 1 fully saturated rings. The fourth-order valence-corrected chi connectivity index (χ4v) is 2.75. The SMILES string of the molecule is COc1ccc(F)cc1C(=O)NCC1CN(CC(C)C)CCO1. The van der Waals surface area contributed by atoms with Gasteiger partial charge in [-0.2, -0.15) is 0 Å². The van der Waals surface area contributed by atoms with Gasteiger partial charge in [-0.25, -0.2) is 4.39 Å². The van der Waals surface area contributed by atoms with Gasteiger partial charge in [0.25, 0.3) is 5.91 Å². The summed E-state index contributed by atoms with van der Waals surface area (Å²) < 4.78 is 24.1. The van der Waals surface area contributed by atoms with Crippen molar-refractivity contribution in [2.24, 2.45) is 5.92 Å². The van der Waals surface area contributed by atoms with Crippen LogP contribution in [-0.4, -0.2) is 56.8 Å². The van der Waals surface area contributed by atoms with E-state index in [4.69, 9.17) is 9.47 Å². The van der Waals surface area contributed by atoms with Crippen molar-refractivity contribution >= 4 is 5.91 Å². The van der Waals surface area contributed by atoms with Gasteiger partial charge in [-0.15, -0.1) is 0 Å². The Kier molecular flexibility index (Phi) is 6.36. The molecule has 1 unspecified atom stereocenters. The number of methoxy groups -OCH3 is 1. The van der Waals surface area contributed by atoms with Crippen LogP contribution in [0.3, 0.4) is 0 Å². The van der Waals surface area contributed by atoms with E-state index in [0.717, 1.165) is 19.6 Å². The number of rotatable bonds is 6. The Morgan fingerprint density at radius 1 is 1.52 bits per heavy atom. The van der Waals surface area contributed by atoms with E-state index >= 15 is 0 Å². The van der Waals surface area contributed by atoms with Gasteiger partial charge in [-0.1, -0.05) is 13.8 Å². The van der Waals surface area contributed by atoms with Gasteiger partial charge in [0.2, 0.25) is 0 Å². The molecule has 0 aliphatic carbocycles. The number of carbonyl (C=O) groups excluding carboxylic acids is 1. The first-order valence-corrected chi connectivity index (χ1v) is 7.95. The second-order valence-corrected chi connectivity index (χ2v) is 6.20. The van der Waals surface area contributed by atoms with E-state index in [0.29, 0.717) is 24.8 Å². The number of benzene rings is 1. The van der Waals surface area contributed by atoms with Crippen LogP contribution in [-0.2, 0) is 4.74 Å². The monoisotopic (exact) mass is 324 g/mol. The molecule has 1 heterocycles. The van der Waals surface area contributed by atoms with Gasteiger partial charge >= 0.3 is 0 Å². The molecule has 0 aromatic heterocycles. The van der Waals surface area contributed by atoms with Crippen LogP contribution in [0, 0.1) is 11.7 Å². The highest BCUT2D eigenvalue weighted by Crippen LogP contribution is 2.19. The van der Waals surface area contributed by atoms with Crippen LogP contribution in [0.4, 0.5) is 4.39 Å². The highest BCUT2D eigenvalue weighted by Gasteiger charge is 2.22. The second-order valence-electron chi connectivity index (χ2n) is 6.20. The molecule has 2 rings (SSSR count). The molecule has 1 amide bonds. The Morgan fingerprint density at radius 3 is 3.00 bits per heavy atom. The lowest BCUT2D eigenvalue weighted by molar-refractivity contribution is -0.0295. The maximum absolute atomic E-state index is 13.3. The first kappa shape index (κ1) is 17.7. The van der Waals surface area contributed by atoms with Crippen LogP contribution in [0.15, 0.2) is 18.2 Å². The number of halogens is 1. The van der Waals surface area contributed by atoms with Crippen LogP contribution >= 0.6 is 0 Å². The summed E-state index contributed by atoms with van der Waals surface area (Å²) in [5, 5.41) is 2.81. The molecule has 23 heavy (non-hydrogen) atoms. The number of hydrogen-bond donors (Lipinski definition) is 1. The standard InChI is InChI=1S/C17H25FN2O3/c1-12(2)10-20-6-7-23-14(11-20)9-19-17(21)15-8-13(18)4-5-16(15)22-3/h4-5,8,12,14H,6-7,9-11H2,1-3H3,(H,19,21). The minimum Gasteiger partial charge on any atom is -0.496 e. The zero-order valence-electron chi connectivity index (χ0n) is 14.0. The third-order valence-electron chi connectivity index (χ3n) is 3.74. The molecule has 0 spiro atoms. The Balaban J connectivity index is 1.90. The molecule has 1 aliphatic heterocycles. The van der Waals surface area contributed by atoms with Gasteiger partial charge < -0.3 is 14.8 Å². The fraction of sp³-hybridized carbons (Fsp3) is 0.588. The molecule has 1 saturated heterocycles. The zero-order valence-corrected chi connectivity index (χ0v) is 14.0. The van der Waals surface area contributed by atoms with E-state index in [-0.39, 0.29) is 17.6 Å². The molecule has 1 aliphatic rings. The number of carbonyl (C=O) groups is 1. The first-order valence-electron chi connectivity index (χ1n) is 7.95. The molecule has 5 nitrogen and oxygen atoms in total. The number of amides is 1. The molecule has 0 radical (unpaired) electrons. The van der Waals surface area contributed by atoms with Crippen LogP contribution in [0.1, 0.15) is 24.2 Å². The van der Waals surface area contributed by atoms with Crippen LogP contribution < -0.4 is 10.1 Å². The van der Waals surface area contributed by atoms with E-state index in [9.17, 15) is 9.18 Å². The van der Waals surface area contributed by atoms with Crippen LogP contribution in [0.2, 0.25) is 0 Å². The van der Waals surface area contributed by atoms with Crippen molar-refractivity contribution in [3.8, 4) is 5.75 Å². The molecule has 6 heteroatoms. The lowest BCUT2D eigenvalue weighted by Crippen LogP contribution is -2.48. The molecule has 1 N–H and O–H groups in total. The average Bonchev–Trinajstić information content (AvgIpc) is 2.52. The minimum absolute atomic E-state index is 0.0500. The molecule has 0 saturated carbocycles. The van der Waals surface area contributed by atoms with Crippen molar-refractivity contribution in [3.63, 3.8) is 0 Å². The molecule has 1 aromatic rings. The normalized spacial score (nSPS) is 18.9. The van der Waals surface area contributed by atoms with E-state index in [1.165, 1.54) is 25.3 Å². The van der Waals surface area contributed by atoms with Gasteiger partial charge in [-0.05, 0) is 24.1 Å². The third-order valence-corrected chi connectivity index (χ3v) is 3.74. The predicted octanol–water partition coefficient (Wildman–Crippen LogP) is 1.92. The summed E-state index contributed by atoms with van der Waals surface area (Å²) >= 11 is 0. The van der Waals surface area contributed by atoms with E-state index in [1.54, 1.807) is 0 Å². The highest BCUT2D eigenvalue weighted by atomic mass is 19.1. The Hall–Kier alpha value is -1.66. The number of nitrogens with one attached hydrogen (secondary N) is 1. The molecule has 0 bridgehead atoms. The van der Waals surface area contributed by atoms with Crippen molar-refractivity contribution in [1.29, 1.82) is 0 Å². The topological polar surface area (TPSA) is 50.8 Å². The van der Waals surface area contributed by atoms with E-state index in [1.807, 2.05) is 0 Å². The van der Waals surface area contributed by atoms with Crippen LogP contribution in [0.25, 0.3) is 0 Å². The van der Waals surface area contributed by atoms with Crippen molar-refractivity contribution in [1.82, 2.24) is 10.2 Å². The van der Waals surface area contributed by atoms with Gasteiger partial charge in [-0.3, -0.25) is 9.69 Å². The molecule has 128 valence electrons. The zero-order chi connectivity index (χ0) is 16.8. The minimum atomic E-state index is -0.465. The summed E-state index contributed by atoms with van der Waals surface area (Å²) in [5.41, 5.74) is 0.197. The second kappa shape index (κ2) is 8.26. The lowest BCUT2D eigenvalue weighted by Gasteiger charge is -2.34. The van der Waals surface area contributed by atoms with Crippen LogP contribution in [0.5, 0.6) is 5.75 Å². The third kappa shape index (κ3) is 5.18. The number of ether oxygens (including phenoxy) is 2. The summed E-state index contributed by atoms with van der Waals surface area (Å²) in [6, 6.07) is 3.90. The average molecular weight is 324 g/mol. The van der Waals surface area contributed by atoms with Crippen molar-refractivity contribution in [3.05, 3.63) is 29.6 Å². The molecular weight excluding hydrogens is 299 g/mol. The number of morpholine rings is 1. The van der Waals surface area contributed by atoms with Gasteiger partial charge in [0.15, 0.2) is 0 Å². The summed E-state index contributed by atoms with van der Waals surface area (Å²) in [5.74, 6) is 0.133. The summed E-state index contributed by atoms with van der Waals surface area (Å²) in [6.07, 6.45) is -0.0500. The number of nitrogens with zero attached hydrogens (tertiary/aromatic N) is 1. The van der Waals surface area contributed by atoms with Crippen molar-refractivity contribution in [2.45, 2.75) is 20.0 Å². The van der Waals surface area contributed by atoms with Crippen molar-refractivity contribution in [2.75, 3.05) is 39.9 Å². The lowest BCUT2D eigenvalue weighted by atomic mass is 10.1. The first-order chi connectivity index (χ1) is 11.0. The quantitative estimate of drug-likeness (QED) is 0.869. The smallest absolute Gasteiger partial charge is 0.255 e. The fourth-order valence-electron chi connectivity index (χ4n) is 2.75. The van der Waals surface area contributed by atoms with Gasteiger partial charge in [0.1, 0.15) is 11.6 Å². The summed E-state index contributed by atoms with van der Waals surface area (Å²) in [6.45, 7) is 8.15. The predicted molar refractivity (Wildman–Crippen MR) is 86.3 cm³/mol. The Morgan fingerprint density at radius 2 is 2.30 bits per heavy atom. The largest absolute Gasteiger partial charge is 0.496 e. The summed E-state index contributed by atoms with van der Waals surface area (Å²) in [7, 11) is 1.46. The Labute approximate surface area is 136 Å². The molecule has 1 aromatic carbocycles. The Bertz CT molecular complexity index is 537. The summed E-state index contributed by atoms with van der Waals surface area (Å²) in [4.78, 5) is 14.6. The number of hydrogen-bond acceptors (Lipinski definition) is 4. The van der Waals surface area contributed by atoms with E-state index in [2.05, 4.69) is 24.1 Å². The highest BCUT2D eigenvalue weighted by molar-refractivity contribution is 5.96. The maximum Gasteiger partial charge on any atom is 0.255 e. The van der Waals surface area contributed by atoms with Crippen molar-refractivity contribution < 1.29 is 18.7 Å². The van der Waals surface area contributed by atoms with Gasteiger partial charge in [0.05, 0.1) is 25.4 Å². The molecular formula is C17H25FN2O3. The maximum atomic E-state index is 13.3.